The molecule has 0 unspecified atom stereocenters. The van der Waals surface area contributed by atoms with Crippen molar-refractivity contribution < 1.29 is 13.6 Å². The van der Waals surface area contributed by atoms with Gasteiger partial charge in [0.25, 0.3) is 11.8 Å². The van der Waals surface area contributed by atoms with Gasteiger partial charge in [0, 0.05) is 23.5 Å². The molecule has 0 spiro atoms. The van der Waals surface area contributed by atoms with E-state index in [1.54, 1.807) is 18.3 Å². The SMILES string of the molecule is O=C(Nc1cccc2cccnc12)c1cc(N2CC(F)(F)C2)ccn1. The Kier molecular flexibility index (Phi) is 3.56. The number of amides is 1. The van der Waals surface area contributed by atoms with Crippen molar-refractivity contribution in [3.63, 3.8) is 0 Å². The Hall–Kier alpha value is -3.09. The standard InChI is InChI=1S/C18H14F2N4O/c19-18(20)10-24(11-18)13-6-8-21-15(9-13)17(25)23-14-5-1-3-12-4-2-7-22-16(12)14/h1-9H,10-11H2,(H,23,25). The van der Waals surface area contributed by atoms with Crippen molar-refractivity contribution in [3.8, 4) is 0 Å². The predicted molar refractivity (Wildman–Crippen MR) is 91.1 cm³/mol. The van der Waals surface area contributed by atoms with E-state index in [4.69, 9.17) is 0 Å². The molecular formula is C18H14F2N4O. The molecule has 1 aliphatic heterocycles. The molecule has 25 heavy (non-hydrogen) atoms. The first kappa shape index (κ1) is 15.4. The first-order valence-electron chi connectivity index (χ1n) is 7.76. The normalized spacial score (nSPS) is 15.7. The summed E-state index contributed by atoms with van der Waals surface area (Å²) in [6.45, 7) is -0.684. The number of rotatable bonds is 3. The second-order valence-electron chi connectivity index (χ2n) is 5.95. The second-order valence-corrected chi connectivity index (χ2v) is 5.95. The number of anilines is 2. The molecule has 0 bridgehead atoms. The number of carbonyl (C=O) groups excluding carboxylic acids is 1. The molecule has 126 valence electrons. The van der Waals surface area contributed by atoms with Gasteiger partial charge in [0.2, 0.25) is 0 Å². The molecule has 1 fully saturated rings. The van der Waals surface area contributed by atoms with E-state index in [1.807, 2.05) is 24.3 Å². The lowest BCUT2D eigenvalue weighted by Gasteiger charge is -2.40. The van der Waals surface area contributed by atoms with Crippen molar-refractivity contribution in [2.75, 3.05) is 23.3 Å². The number of fused-ring (bicyclic) bond motifs is 1. The van der Waals surface area contributed by atoms with E-state index in [1.165, 1.54) is 17.2 Å². The van der Waals surface area contributed by atoms with Crippen LogP contribution in [0, 0.1) is 0 Å². The zero-order chi connectivity index (χ0) is 17.4. The highest BCUT2D eigenvalue weighted by Crippen LogP contribution is 2.31. The molecule has 0 saturated carbocycles. The zero-order valence-corrected chi connectivity index (χ0v) is 13.1. The van der Waals surface area contributed by atoms with Gasteiger partial charge in [0.15, 0.2) is 0 Å². The van der Waals surface area contributed by atoms with Crippen molar-refractivity contribution >= 4 is 28.2 Å². The van der Waals surface area contributed by atoms with Gasteiger partial charge in [-0.05, 0) is 24.3 Å². The van der Waals surface area contributed by atoms with Crippen LogP contribution >= 0.6 is 0 Å². The number of benzene rings is 1. The molecule has 0 radical (unpaired) electrons. The minimum Gasteiger partial charge on any atom is -0.359 e. The van der Waals surface area contributed by atoms with Crippen molar-refractivity contribution in [3.05, 3.63) is 60.6 Å². The van der Waals surface area contributed by atoms with Crippen LogP contribution in [-0.4, -0.2) is 34.9 Å². The maximum absolute atomic E-state index is 13.0. The molecule has 3 heterocycles. The smallest absolute Gasteiger partial charge is 0.282 e. The van der Waals surface area contributed by atoms with Gasteiger partial charge in [-0.25, -0.2) is 8.78 Å². The number of nitrogens with one attached hydrogen (secondary N) is 1. The maximum Gasteiger partial charge on any atom is 0.282 e. The summed E-state index contributed by atoms with van der Waals surface area (Å²) >= 11 is 0. The van der Waals surface area contributed by atoms with Crippen LogP contribution in [0.15, 0.2) is 54.9 Å². The fraction of sp³-hybridized carbons (Fsp3) is 0.167. The summed E-state index contributed by atoms with van der Waals surface area (Å²) < 4.78 is 26.1. The summed E-state index contributed by atoms with van der Waals surface area (Å²) in [4.78, 5) is 22.3. The molecule has 0 aliphatic carbocycles. The summed E-state index contributed by atoms with van der Waals surface area (Å²) in [5.74, 6) is -3.08. The molecule has 1 aliphatic rings. The summed E-state index contributed by atoms with van der Waals surface area (Å²) in [5, 5.41) is 3.70. The second kappa shape index (κ2) is 5.77. The summed E-state index contributed by atoms with van der Waals surface area (Å²) in [6, 6.07) is 12.3. The number of para-hydroxylation sites is 1. The van der Waals surface area contributed by atoms with Crippen molar-refractivity contribution in [1.82, 2.24) is 9.97 Å². The van der Waals surface area contributed by atoms with E-state index in [-0.39, 0.29) is 18.8 Å². The van der Waals surface area contributed by atoms with E-state index < -0.39 is 11.8 Å². The maximum atomic E-state index is 13.0. The quantitative estimate of drug-likeness (QED) is 0.794. The van der Waals surface area contributed by atoms with Crippen LogP contribution in [0.3, 0.4) is 0 Å². The molecular weight excluding hydrogens is 326 g/mol. The number of carbonyl (C=O) groups is 1. The predicted octanol–water partition coefficient (Wildman–Crippen LogP) is 3.34. The zero-order valence-electron chi connectivity index (χ0n) is 13.1. The molecule has 5 nitrogen and oxygen atoms in total. The number of alkyl halides is 2. The van der Waals surface area contributed by atoms with Crippen LogP contribution < -0.4 is 10.2 Å². The minimum absolute atomic E-state index is 0.167. The Balaban J connectivity index is 1.57. The molecule has 0 atom stereocenters. The van der Waals surface area contributed by atoms with Crippen molar-refractivity contribution in [2.24, 2.45) is 0 Å². The van der Waals surface area contributed by atoms with E-state index in [2.05, 4.69) is 15.3 Å². The molecule has 1 N–H and O–H groups in total. The number of hydrogen-bond donors (Lipinski definition) is 1. The van der Waals surface area contributed by atoms with Crippen molar-refractivity contribution in [1.29, 1.82) is 0 Å². The third-order valence-corrected chi connectivity index (χ3v) is 4.07. The largest absolute Gasteiger partial charge is 0.359 e. The lowest BCUT2D eigenvalue weighted by molar-refractivity contribution is -0.0262. The fourth-order valence-corrected chi connectivity index (χ4v) is 2.83. The van der Waals surface area contributed by atoms with E-state index in [0.717, 1.165) is 5.39 Å². The Bertz CT molecular complexity index is 947. The van der Waals surface area contributed by atoms with E-state index in [9.17, 15) is 13.6 Å². The topological polar surface area (TPSA) is 58.1 Å². The molecule has 1 aromatic carbocycles. The van der Waals surface area contributed by atoms with Gasteiger partial charge in [-0.2, -0.15) is 0 Å². The Morgan fingerprint density at radius 2 is 1.88 bits per heavy atom. The summed E-state index contributed by atoms with van der Waals surface area (Å²) in [5.41, 5.74) is 1.98. The number of aromatic nitrogens is 2. The van der Waals surface area contributed by atoms with Crippen molar-refractivity contribution in [2.45, 2.75) is 5.92 Å². The lowest BCUT2D eigenvalue weighted by atomic mass is 10.1. The van der Waals surface area contributed by atoms with Crippen LogP contribution in [-0.2, 0) is 0 Å². The fourth-order valence-electron chi connectivity index (χ4n) is 2.83. The van der Waals surface area contributed by atoms with Gasteiger partial charge < -0.3 is 10.2 Å². The third kappa shape index (κ3) is 3.00. The van der Waals surface area contributed by atoms with Gasteiger partial charge in [0.05, 0.1) is 24.3 Å². The van der Waals surface area contributed by atoms with Gasteiger partial charge in [-0.3, -0.25) is 14.8 Å². The highest BCUT2D eigenvalue weighted by Gasteiger charge is 2.44. The van der Waals surface area contributed by atoms with Gasteiger partial charge >= 0.3 is 0 Å². The van der Waals surface area contributed by atoms with Crippen LogP contribution in [0.1, 0.15) is 10.5 Å². The van der Waals surface area contributed by atoms with Gasteiger partial charge in [-0.1, -0.05) is 18.2 Å². The molecule has 4 rings (SSSR count). The van der Waals surface area contributed by atoms with Crippen LogP contribution in [0.5, 0.6) is 0 Å². The molecule has 7 heteroatoms. The number of pyridine rings is 2. The van der Waals surface area contributed by atoms with Crippen LogP contribution in [0.2, 0.25) is 0 Å². The Morgan fingerprint density at radius 1 is 1.08 bits per heavy atom. The number of halogens is 2. The summed E-state index contributed by atoms with van der Waals surface area (Å²) in [6.07, 6.45) is 3.10. The lowest BCUT2D eigenvalue weighted by Crippen LogP contribution is -2.56. The molecule has 2 aromatic heterocycles. The minimum atomic E-state index is -2.67. The average molecular weight is 340 g/mol. The Morgan fingerprint density at radius 3 is 2.68 bits per heavy atom. The summed E-state index contributed by atoms with van der Waals surface area (Å²) in [7, 11) is 0. The highest BCUT2D eigenvalue weighted by atomic mass is 19.3. The van der Waals surface area contributed by atoms with Crippen LogP contribution in [0.4, 0.5) is 20.2 Å². The number of hydrogen-bond acceptors (Lipinski definition) is 4. The monoisotopic (exact) mass is 340 g/mol. The van der Waals surface area contributed by atoms with Gasteiger partial charge in [0.1, 0.15) is 5.69 Å². The molecule has 3 aromatic rings. The average Bonchev–Trinajstić information content (AvgIpc) is 2.60. The first-order chi connectivity index (χ1) is 12.0. The molecule has 1 amide bonds. The van der Waals surface area contributed by atoms with Gasteiger partial charge in [-0.15, -0.1) is 0 Å². The van der Waals surface area contributed by atoms with E-state index in [0.29, 0.717) is 16.9 Å². The number of nitrogens with zero attached hydrogens (tertiary/aromatic N) is 3. The van der Waals surface area contributed by atoms with E-state index >= 15 is 0 Å². The first-order valence-corrected chi connectivity index (χ1v) is 7.76. The van der Waals surface area contributed by atoms with Crippen LogP contribution in [0.25, 0.3) is 10.9 Å². The third-order valence-electron chi connectivity index (χ3n) is 4.07. The highest BCUT2D eigenvalue weighted by molar-refractivity contribution is 6.07. The Labute approximate surface area is 142 Å². The molecule has 1 saturated heterocycles.